The molecule has 0 unspecified atom stereocenters. The van der Waals surface area contributed by atoms with Gasteiger partial charge in [-0.2, -0.15) is 0 Å². The quantitative estimate of drug-likeness (QED) is 0.564. The molecule has 1 aliphatic heterocycles. The number of hydrogen-bond donors (Lipinski definition) is 1. The van der Waals surface area contributed by atoms with Crippen molar-refractivity contribution in [3.05, 3.63) is 76.2 Å². The maximum atomic E-state index is 12.5. The molecular formula is C25H26N4O4S. The lowest BCUT2D eigenvalue weighted by atomic mass is 10.2. The summed E-state index contributed by atoms with van der Waals surface area (Å²) >= 11 is 1.49. The molecule has 0 radical (unpaired) electrons. The van der Waals surface area contributed by atoms with Gasteiger partial charge in [0.05, 0.1) is 13.0 Å². The fourth-order valence-corrected chi connectivity index (χ4v) is 4.36. The Kier molecular flexibility index (Phi) is 7.54. The van der Waals surface area contributed by atoms with E-state index in [1.165, 1.54) is 11.3 Å². The molecule has 3 aromatic rings. The van der Waals surface area contributed by atoms with Crippen molar-refractivity contribution in [1.82, 2.24) is 20.1 Å². The van der Waals surface area contributed by atoms with Crippen LogP contribution in [-0.2, 0) is 16.0 Å². The molecule has 1 N–H and O–H groups in total. The summed E-state index contributed by atoms with van der Waals surface area (Å²) in [6, 6.07) is 16.1. The fraction of sp³-hybridized carbons (Fsp3) is 0.280. The Bertz CT molecular complexity index is 1140. The van der Waals surface area contributed by atoms with Crippen LogP contribution in [0.25, 0.3) is 0 Å². The van der Waals surface area contributed by atoms with E-state index in [0.29, 0.717) is 43.2 Å². The third-order valence-electron chi connectivity index (χ3n) is 5.45. The average molecular weight is 479 g/mol. The van der Waals surface area contributed by atoms with Gasteiger partial charge in [0.15, 0.2) is 0 Å². The summed E-state index contributed by atoms with van der Waals surface area (Å²) in [4.78, 5) is 45.2. The number of carbonyl (C=O) groups excluding carboxylic acids is 3. The van der Waals surface area contributed by atoms with E-state index in [0.717, 1.165) is 10.7 Å². The summed E-state index contributed by atoms with van der Waals surface area (Å²) < 4.78 is 5.73. The number of nitrogens with one attached hydrogen (secondary N) is 1. The molecule has 1 fully saturated rings. The Hall–Kier alpha value is -3.72. The molecule has 176 valence electrons. The summed E-state index contributed by atoms with van der Waals surface area (Å²) in [7, 11) is 0. The van der Waals surface area contributed by atoms with Crippen molar-refractivity contribution >= 4 is 29.1 Å². The number of aromatic nitrogens is 1. The second-order valence-corrected chi connectivity index (χ2v) is 8.89. The fourth-order valence-electron chi connectivity index (χ4n) is 3.60. The Morgan fingerprint density at radius 3 is 2.15 bits per heavy atom. The predicted octanol–water partition coefficient (Wildman–Crippen LogP) is 2.89. The number of piperazine rings is 1. The van der Waals surface area contributed by atoms with E-state index < -0.39 is 0 Å². The highest BCUT2D eigenvalue weighted by atomic mass is 32.1. The molecule has 3 amide bonds. The number of rotatable bonds is 7. The highest BCUT2D eigenvalue weighted by molar-refractivity contribution is 7.09. The minimum atomic E-state index is -0.327. The first-order valence-corrected chi connectivity index (χ1v) is 11.9. The third kappa shape index (κ3) is 6.20. The first-order chi connectivity index (χ1) is 16.5. The van der Waals surface area contributed by atoms with Crippen LogP contribution in [0.5, 0.6) is 11.5 Å². The molecule has 2 aromatic carbocycles. The predicted molar refractivity (Wildman–Crippen MR) is 129 cm³/mol. The first-order valence-electron chi connectivity index (χ1n) is 11.1. The van der Waals surface area contributed by atoms with Crippen LogP contribution in [0.4, 0.5) is 0 Å². The molecule has 34 heavy (non-hydrogen) atoms. The summed E-state index contributed by atoms with van der Waals surface area (Å²) in [5.41, 5.74) is 1.36. The highest BCUT2D eigenvalue weighted by Crippen LogP contribution is 2.21. The molecule has 0 aliphatic carbocycles. The van der Waals surface area contributed by atoms with Crippen molar-refractivity contribution < 1.29 is 19.1 Å². The molecule has 1 aliphatic rings. The van der Waals surface area contributed by atoms with E-state index in [-0.39, 0.29) is 30.7 Å². The van der Waals surface area contributed by atoms with E-state index in [4.69, 9.17) is 4.74 Å². The summed E-state index contributed by atoms with van der Waals surface area (Å²) in [5.74, 6) is 0.864. The van der Waals surface area contributed by atoms with E-state index in [2.05, 4.69) is 10.3 Å². The van der Waals surface area contributed by atoms with Crippen LogP contribution in [0.3, 0.4) is 0 Å². The molecule has 2 heterocycles. The van der Waals surface area contributed by atoms with Crippen molar-refractivity contribution in [1.29, 1.82) is 0 Å². The zero-order valence-corrected chi connectivity index (χ0v) is 19.7. The van der Waals surface area contributed by atoms with Gasteiger partial charge >= 0.3 is 0 Å². The van der Waals surface area contributed by atoms with E-state index in [9.17, 15) is 14.4 Å². The molecule has 0 saturated carbocycles. The van der Waals surface area contributed by atoms with Crippen LogP contribution in [0, 0.1) is 6.92 Å². The van der Waals surface area contributed by atoms with Crippen LogP contribution < -0.4 is 10.1 Å². The van der Waals surface area contributed by atoms with Crippen molar-refractivity contribution in [2.45, 2.75) is 13.3 Å². The van der Waals surface area contributed by atoms with Crippen molar-refractivity contribution in [2.24, 2.45) is 0 Å². The number of para-hydroxylation sites is 1. The highest BCUT2D eigenvalue weighted by Gasteiger charge is 2.25. The molecular weight excluding hydrogens is 452 g/mol. The topological polar surface area (TPSA) is 91.8 Å². The minimum Gasteiger partial charge on any atom is -0.457 e. The van der Waals surface area contributed by atoms with Crippen molar-refractivity contribution in [2.75, 3.05) is 32.7 Å². The standard InChI is InChI=1S/C25H26N4O4S/c1-18-17-34-22(27-18)15-23(30)28-11-13-29(14-12-28)24(31)16-26-25(32)19-7-9-21(10-8-19)33-20-5-3-2-4-6-20/h2-10,17H,11-16H2,1H3,(H,26,32). The number of carbonyl (C=O) groups is 3. The summed E-state index contributed by atoms with van der Waals surface area (Å²) in [6.07, 6.45) is 0.289. The van der Waals surface area contributed by atoms with Crippen LogP contribution in [0.15, 0.2) is 60.0 Å². The van der Waals surface area contributed by atoms with Gasteiger partial charge < -0.3 is 19.9 Å². The number of nitrogens with zero attached hydrogens (tertiary/aromatic N) is 3. The zero-order valence-electron chi connectivity index (χ0n) is 18.9. The molecule has 1 saturated heterocycles. The second-order valence-electron chi connectivity index (χ2n) is 7.94. The SMILES string of the molecule is Cc1csc(CC(=O)N2CCN(C(=O)CNC(=O)c3ccc(Oc4ccccc4)cc3)CC2)n1. The summed E-state index contributed by atoms with van der Waals surface area (Å²) in [6.45, 7) is 3.67. The lowest BCUT2D eigenvalue weighted by Gasteiger charge is -2.34. The molecule has 4 rings (SSSR count). The molecule has 1 aromatic heterocycles. The van der Waals surface area contributed by atoms with Gasteiger partial charge in [-0.3, -0.25) is 14.4 Å². The van der Waals surface area contributed by atoms with E-state index >= 15 is 0 Å². The monoisotopic (exact) mass is 478 g/mol. The summed E-state index contributed by atoms with van der Waals surface area (Å²) in [5, 5.41) is 5.42. The number of thiazole rings is 1. The maximum absolute atomic E-state index is 12.5. The number of hydrogen-bond acceptors (Lipinski definition) is 6. The normalized spacial score (nSPS) is 13.4. The minimum absolute atomic E-state index is 0.0226. The van der Waals surface area contributed by atoms with E-state index in [1.807, 2.05) is 42.6 Å². The van der Waals surface area contributed by atoms with Crippen LogP contribution >= 0.6 is 11.3 Å². The molecule has 8 nitrogen and oxygen atoms in total. The molecule has 0 atom stereocenters. The van der Waals surface area contributed by atoms with Gasteiger partial charge in [0.2, 0.25) is 11.8 Å². The first kappa shape index (κ1) is 23.4. The van der Waals surface area contributed by atoms with Gasteiger partial charge in [-0.25, -0.2) is 4.98 Å². The van der Waals surface area contributed by atoms with Crippen LogP contribution in [-0.4, -0.2) is 65.2 Å². The largest absolute Gasteiger partial charge is 0.457 e. The molecule has 0 bridgehead atoms. The second kappa shape index (κ2) is 10.9. The van der Waals surface area contributed by atoms with E-state index in [1.54, 1.807) is 34.1 Å². The lowest BCUT2D eigenvalue weighted by molar-refractivity contribution is -0.138. The van der Waals surface area contributed by atoms with Crippen molar-refractivity contribution in [3.8, 4) is 11.5 Å². The van der Waals surface area contributed by atoms with Crippen LogP contribution in [0.1, 0.15) is 21.1 Å². The Labute approximate surface area is 202 Å². The maximum Gasteiger partial charge on any atom is 0.251 e. The van der Waals surface area contributed by atoms with Crippen LogP contribution in [0.2, 0.25) is 0 Å². The Balaban J connectivity index is 1.20. The van der Waals surface area contributed by atoms with Crippen molar-refractivity contribution in [3.63, 3.8) is 0 Å². The number of benzene rings is 2. The Morgan fingerprint density at radius 1 is 0.912 bits per heavy atom. The Morgan fingerprint density at radius 2 is 1.53 bits per heavy atom. The zero-order chi connectivity index (χ0) is 23.9. The van der Waals surface area contributed by atoms with Gasteiger partial charge in [-0.15, -0.1) is 11.3 Å². The third-order valence-corrected chi connectivity index (χ3v) is 6.42. The van der Waals surface area contributed by atoms with Gasteiger partial charge in [-0.05, 0) is 43.3 Å². The smallest absolute Gasteiger partial charge is 0.251 e. The number of aryl methyl sites for hydroxylation is 1. The van der Waals surface area contributed by atoms with Gasteiger partial charge in [0.1, 0.15) is 16.5 Å². The molecule has 0 spiro atoms. The molecule has 9 heteroatoms. The van der Waals surface area contributed by atoms with Gasteiger partial charge in [0, 0.05) is 42.8 Å². The van der Waals surface area contributed by atoms with Gasteiger partial charge in [0.25, 0.3) is 5.91 Å². The number of amides is 3. The average Bonchev–Trinajstić information content (AvgIpc) is 3.27. The lowest BCUT2D eigenvalue weighted by Crippen LogP contribution is -2.52. The number of ether oxygens (including phenoxy) is 1. The van der Waals surface area contributed by atoms with Gasteiger partial charge in [-0.1, -0.05) is 18.2 Å².